The van der Waals surface area contributed by atoms with E-state index in [1.54, 1.807) is 11.3 Å². The number of nitrogens with two attached hydrogens (primary N) is 1. The summed E-state index contributed by atoms with van der Waals surface area (Å²) in [4.78, 5) is 4.63. The average molecular weight is 260 g/mol. The second-order valence-corrected chi connectivity index (χ2v) is 5.95. The number of hydrogen-bond donors (Lipinski definition) is 1. The highest BCUT2D eigenvalue weighted by Gasteiger charge is 2.11. The first-order valence-corrected chi connectivity index (χ1v) is 7.19. The van der Waals surface area contributed by atoms with Crippen LogP contribution >= 0.6 is 11.3 Å². The zero-order valence-electron chi connectivity index (χ0n) is 11.4. The van der Waals surface area contributed by atoms with E-state index in [1.165, 1.54) is 16.7 Å². The van der Waals surface area contributed by atoms with Gasteiger partial charge in [0.15, 0.2) is 0 Å². The van der Waals surface area contributed by atoms with Crippen LogP contribution in [0.5, 0.6) is 0 Å². The van der Waals surface area contributed by atoms with Gasteiger partial charge in [0.1, 0.15) is 5.01 Å². The molecule has 1 aromatic carbocycles. The maximum Gasteiger partial charge on any atom is 0.123 e. The topological polar surface area (TPSA) is 38.9 Å². The molecule has 0 saturated carbocycles. The van der Waals surface area contributed by atoms with Gasteiger partial charge in [-0.25, -0.2) is 4.98 Å². The number of nitrogens with zero attached hydrogens (tertiary/aromatic N) is 1. The number of hydrogen-bond acceptors (Lipinski definition) is 3. The zero-order chi connectivity index (χ0) is 13.3. The van der Waals surface area contributed by atoms with Gasteiger partial charge in [-0.15, -0.1) is 11.3 Å². The molecule has 0 spiro atoms. The minimum Gasteiger partial charge on any atom is -0.323 e. The van der Waals surface area contributed by atoms with Crippen molar-refractivity contribution in [3.05, 3.63) is 40.4 Å². The van der Waals surface area contributed by atoms with Gasteiger partial charge in [-0.3, -0.25) is 0 Å². The van der Waals surface area contributed by atoms with Crippen LogP contribution in [0.4, 0.5) is 0 Å². The molecular weight excluding hydrogens is 240 g/mol. The lowest BCUT2D eigenvalue weighted by molar-refractivity contribution is 0.790. The molecule has 2 aromatic rings. The smallest absolute Gasteiger partial charge is 0.123 e. The molecule has 3 heteroatoms. The summed E-state index contributed by atoms with van der Waals surface area (Å²) in [5, 5.41) is 3.13. The van der Waals surface area contributed by atoms with E-state index in [2.05, 4.69) is 49.3 Å². The minimum atomic E-state index is 0.00332. The first-order valence-electron chi connectivity index (χ1n) is 6.31. The molecule has 96 valence electrons. The number of benzene rings is 1. The Kier molecular flexibility index (Phi) is 3.83. The molecule has 0 aliphatic rings. The standard InChI is InChI=1S/C15H20N2S/c1-9(2)12-6-5-10(3)13(7-12)15-17-14(8-18-15)11(4)16/h5-9,11H,16H2,1-4H3. The summed E-state index contributed by atoms with van der Waals surface area (Å²) < 4.78 is 0. The van der Waals surface area contributed by atoms with Crippen LogP contribution < -0.4 is 5.73 Å². The molecular formula is C15H20N2S. The van der Waals surface area contributed by atoms with Crippen LogP contribution in [0.3, 0.4) is 0 Å². The Labute approximate surface area is 113 Å². The Bertz CT molecular complexity index is 541. The summed E-state index contributed by atoms with van der Waals surface area (Å²) in [5.74, 6) is 0.539. The molecule has 0 aliphatic carbocycles. The summed E-state index contributed by atoms with van der Waals surface area (Å²) in [5.41, 5.74) is 10.7. The molecule has 0 bridgehead atoms. The van der Waals surface area contributed by atoms with Crippen molar-refractivity contribution in [2.24, 2.45) is 5.73 Å². The summed E-state index contributed by atoms with van der Waals surface area (Å²) >= 11 is 1.67. The summed E-state index contributed by atoms with van der Waals surface area (Å²) in [6.45, 7) is 8.52. The van der Waals surface area contributed by atoms with Crippen LogP contribution in [-0.4, -0.2) is 4.98 Å². The second kappa shape index (κ2) is 5.21. The lowest BCUT2D eigenvalue weighted by Crippen LogP contribution is -2.04. The number of rotatable bonds is 3. The largest absolute Gasteiger partial charge is 0.323 e. The Morgan fingerprint density at radius 1 is 1.22 bits per heavy atom. The van der Waals surface area contributed by atoms with Gasteiger partial charge in [-0.05, 0) is 37.0 Å². The Hall–Kier alpha value is -1.19. The third kappa shape index (κ3) is 2.62. The predicted octanol–water partition coefficient (Wildman–Crippen LogP) is 4.26. The van der Waals surface area contributed by atoms with E-state index in [0.717, 1.165) is 10.7 Å². The third-order valence-corrected chi connectivity index (χ3v) is 4.04. The fourth-order valence-electron chi connectivity index (χ4n) is 1.85. The Morgan fingerprint density at radius 3 is 2.50 bits per heavy atom. The first-order chi connectivity index (χ1) is 8.49. The van der Waals surface area contributed by atoms with E-state index in [1.807, 2.05) is 6.92 Å². The predicted molar refractivity (Wildman–Crippen MR) is 79.0 cm³/mol. The van der Waals surface area contributed by atoms with Gasteiger partial charge in [-0.1, -0.05) is 26.0 Å². The Balaban J connectivity index is 2.45. The molecule has 1 heterocycles. The third-order valence-electron chi connectivity index (χ3n) is 3.15. The SMILES string of the molecule is Cc1ccc(C(C)C)cc1-c1nc(C(C)N)cs1. The number of aryl methyl sites for hydroxylation is 1. The highest BCUT2D eigenvalue weighted by atomic mass is 32.1. The molecule has 2 rings (SSSR count). The summed E-state index contributed by atoms with van der Waals surface area (Å²) in [6.07, 6.45) is 0. The van der Waals surface area contributed by atoms with E-state index in [-0.39, 0.29) is 6.04 Å². The van der Waals surface area contributed by atoms with Crippen LogP contribution in [0.2, 0.25) is 0 Å². The van der Waals surface area contributed by atoms with Gasteiger partial charge in [0.05, 0.1) is 5.69 Å². The van der Waals surface area contributed by atoms with Crippen LogP contribution in [0.1, 0.15) is 49.6 Å². The first kappa shape index (κ1) is 13.2. The van der Waals surface area contributed by atoms with Crippen molar-refractivity contribution >= 4 is 11.3 Å². The minimum absolute atomic E-state index is 0.00332. The summed E-state index contributed by atoms with van der Waals surface area (Å²) in [6, 6.07) is 6.63. The van der Waals surface area contributed by atoms with Crippen molar-refractivity contribution in [1.29, 1.82) is 0 Å². The van der Waals surface area contributed by atoms with E-state index in [4.69, 9.17) is 5.73 Å². The quantitative estimate of drug-likeness (QED) is 0.895. The van der Waals surface area contributed by atoms with Crippen LogP contribution in [0.25, 0.3) is 10.6 Å². The molecule has 2 nitrogen and oxygen atoms in total. The van der Waals surface area contributed by atoms with E-state index < -0.39 is 0 Å². The molecule has 0 fully saturated rings. The molecule has 0 amide bonds. The van der Waals surface area contributed by atoms with Crippen molar-refractivity contribution in [1.82, 2.24) is 4.98 Å². The van der Waals surface area contributed by atoms with Gasteiger partial charge in [0.25, 0.3) is 0 Å². The molecule has 0 aliphatic heterocycles. The van der Waals surface area contributed by atoms with E-state index >= 15 is 0 Å². The Morgan fingerprint density at radius 2 is 1.94 bits per heavy atom. The lowest BCUT2D eigenvalue weighted by atomic mass is 9.98. The van der Waals surface area contributed by atoms with E-state index in [9.17, 15) is 0 Å². The molecule has 18 heavy (non-hydrogen) atoms. The van der Waals surface area contributed by atoms with Crippen LogP contribution in [0.15, 0.2) is 23.6 Å². The van der Waals surface area contributed by atoms with Crippen molar-refractivity contribution < 1.29 is 0 Å². The molecule has 1 unspecified atom stereocenters. The molecule has 1 aromatic heterocycles. The van der Waals surface area contributed by atoms with E-state index in [0.29, 0.717) is 5.92 Å². The maximum absolute atomic E-state index is 5.87. The van der Waals surface area contributed by atoms with Crippen molar-refractivity contribution in [3.8, 4) is 10.6 Å². The normalized spacial score (nSPS) is 13.0. The van der Waals surface area contributed by atoms with Crippen LogP contribution in [-0.2, 0) is 0 Å². The molecule has 0 radical (unpaired) electrons. The highest BCUT2D eigenvalue weighted by molar-refractivity contribution is 7.13. The summed E-state index contributed by atoms with van der Waals surface area (Å²) in [7, 11) is 0. The zero-order valence-corrected chi connectivity index (χ0v) is 12.2. The van der Waals surface area contributed by atoms with Crippen LogP contribution in [0, 0.1) is 6.92 Å². The van der Waals surface area contributed by atoms with Crippen molar-refractivity contribution in [3.63, 3.8) is 0 Å². The monoisotopic (exact) mass is 260 g/mol. The maximum atomic E-state index is 5.87. The highest BCUT2D eigenvalue weighted by Crippen LogP contribution is 2.30. The molecule has 1 atom stereocenters. The van der Waals surface area contributed by atoms with Gasteiger partial charge in [0, 0.05) is 17.0 Å². The number of thiazole rings is 1. The molecule has 0 saturated heterocycles. The van der Waals surface area contributed by atoms with Gasteiger partial charge in [0.2, 0.25) is 0 Å². The van der Waals surface area contributed by atoms with Gasteiger partial charge < -0.3 is 5.73 Å². The van der Waals surface area contributed by atoms with Gasteiger partial charge in [-0.2, -0.15) is 0 Å². The lowest BCUT2D eigenvalue weighted by Gasteiger charge is -2.09. The molecule has 2 N–H and O–H groups in total. The second-order valence-electron chi connectivity index (χ2n) is 5.10. The fraction of sp³-hybridized carbons (Fsp3) is 0.400. The van der Waals surface area contributed by atoms with Gasteiger partial charge >= 0.3 is 0 Å². The van der Waals surface area contributed by atoms with Crippen molar-refractivity contribution in [2.75, 3.05) is 0 Å². The fourth-order valence-corrected chi connectivity index (χ4v) is 2.85. The van der Waals surface area contributed by atoms with Crippen molar-refractivity contribution in [2.45, 2.75) is 39.7 Å². The average Bonchev–Trinajstić information content (AvgIpc) is 2.78. The number of aromatic nitrogens is 1.